The highest BCUT2D eigenvalue weighted by molar-refractivity contribution is 5.96. The van der Waals surface area contributed by atoms with E-state index in [9.17, 15) is 9.59 Å². The van der Waals surface area contributed by atoms with Gasteiger partial charge in [-0.05, 0) is 37.1 Å². The molecule has 0 saturated heterocycles. The summed E-state index contributed by atoms with van der Waals surface area (Å²) in [6, 6.07) is 16.6. The Morgan fingerprint density at radius 3 is 2.30 bits per heavy atom. The largest absolute Gasteiger partial charge is 0.490 e. The first-order valence-corrected chi connectivity index (χ1v) is 9.19. The third-order valence-electron chi connectivity index (χ3n) is 4.14. The molecule has 1 aliphatic rings. The van der Waals surface area contributed by atoms with Crippen molar-refractivity contribution in [1.29, 1.82) is 0 Å². The fourth-order valence-electron chi connectivity index (χ4n) is 2.55. The van der Waals surface area contributed by atoms with E-state index in [-0.39, 0.29) is 17.7 Å². The molecule has 6 nitrogen and oxygen atoms in total. The van der Waals surface area contributed by atoms with Gasteiger partial charge in [-0.3, -0.25) is 9.59 Å². The van der Waals surface area contributed by atoms with Gasteiger partial charge < -0.3 is 20.1 Å². The van der Waals surface area contributed by atoms with Gasteiger partial charge in [0.15, 0.2) is 0 Å². The number of nitrogens with one attached hydrogen (secondary N) is 2. The summed E-state index contributed by atoms with van der Waals surface area (Å²) in [4.78, 5) is 23.9. The van der Waals surface area contributed by atoms with E-state index in [1.54, 1.807) is 18.2 Å². The number of ether oxygens (including phenoxy) is 2. The van der Waals surface area contributed by atoms with Gasteiger partial charge in [-0.1, -0.05) is 30.3 Å². The zero-order chi connectivity index (χ0) is 18.9. The SMILES string of the molecule is O=C(NCCNC(=O)C1CC1)c1ccccc1OCCOc1ccccc1. The zero-order valence-electron chi connectivity index (χ0n) is 15.1. The smallest absolute Gasteiger partial charge is 0.255 e. The summed E-state index contributed by atoms with van der Waals surface area (Å²) in [5.74, 6) is 1.31. The van der Waals surface area contributed by atoms with Crippen LogP contribution in [0, 0.1) is 5.92 Å². The summed E-state index contributed by atoms with van der Waals surface area (Å²) in [5.41, 5.74) is 0.464. The minimum Gasteiger partial charge on any atom is -0.490 e. The lowest BCUT2D eigenvalue weighted by Crippen LogP contribution is -2.35. The van der Waals surface area contributed by atoms with Gasteiger partial charge in [0.25, 0.3) is 5.91 Å². The third-order valence-corrected chi connectivity index (χ3v) is 4.14. The van der Waals surface area contributed by atoms with Crippen molar-refractivity contribution in [1.82, 2.24) is 10.6 Å². The van der Waals surface area contributed by atoms with Crippen molar-refractivity contribution in [2.24, 2.45) is 5.92 Å². The predicted octanol–water partition coefficient (Wildman–Crippen LogP) is 2.40. The molecule has 0 aromatic heterocycles. The molecule has 0 aliphatic heterocycles. The van der Waals surface area contributed by atoms with Crippen molar-refractivity contribution in [3.05, 3.63) is 60.2 Å². The van der Waals surface area contributed by atoms with Gasteiger partial charge in [0.2, 0.25) is 5.91 Å². The lowest BCUT2D eigenvalue weighted by molar-refractivity contribution is -0.122. The molecule has 0 spiro atoms. The van der Waals surface area contributed by atoms with E-state index < -0.39 is 0 Å². The molecule has 1 fully saturated rings. The molecule has 3 rings (SSSR count). The Bertz CT molecular complexity index is 760. The number of carbonyl (C=O) groups is 2. The number of hydrogen-bond donors (Lipinski definition) is 2. The molecule has 0 heterocycles. The second-order valence-corrected chi connectivity index (χ2v) is 6.33. The van der Waals surface area contributed by atoms with Gasteiger partial charge in [0.05, 0.1) is 5.56 Å². The standard InChI is InChI=1S/C21H24N2O4/c24-20(16-10-11-16)22-12-13-23-21(25)18-8-4-5-9-19(18)27-15-14-26-17-6-2-1-3-7-17/h1-9,16H,10-15H2,(H,22,24)(H,23,25). The van der Waals surface area contributed by atoms with Crippen molar-refractivity contribution in [2.45, 2.75) is 12.8 Å². The average molecular weight is 368 g/mol. The quantitative estimate of drug-likeness (QED) is 0.632. The molecule has 2 amide bonds. The molecule has 142 valence electrons. The first kappa shape index (κ1) is 18.8. The summed E-state index contributed by atoms with van der Waals surface area (Å²) in [6.07, 6.45) is 1.94. The van der Waals surface area contributed by atoms with Crippen LogP contribution in [-0.4, -0.2) is 38.1 Å². The van der Waals surface area contributed by atoms with Crippen LogP contribution in [0.5, 0.6) is 11.5 Å². The predicted molar refractivity (Wildman–Crippen MR) is 102 cm³/mol. The maximum absolute atomic E-state index is 12.4. The zero-order valence-corrected chi connectivity index (χ0v) is 15.1. The van der Waals surface area contributed by atoms with Crippen LogP contribution in [0.4, 0.5) is 0 Å². The van der Waals surface area contributed by atoms with Crippen molar-refractivity contribution in [2.75, 3.05) is 26.3 Å². The number of hydrogen-bond acceptors (Lipinski definition) is 4. The second-order valence-electron chi connectivity index (χ2n) is 6.33. The molecule has 2 aromatic carbocycles. The lowest BCUT2D eigenvalue weighted by Gasteiger charge is -2.12. The number of carbonyl (C=O) groups excluding carboxylic acids is 2. The maximum Gasteiger partial charge on any atom is 0.255 e. The van der Waals surface area contributed by atoms with Gasteiger partial charge in [-0.15, -0.1) is 0 Å². The highest BCUT2D eigenvalue weighted by Gasteiger charge is 2.29. The fraction of sp³-hybridized carbons (Fsp3) is 0.333. The van der Waals surface area contributed by atoms with Crippen molar-refractivity contribution in [3.63, 3.8) is 0 Å². The normalized spacial score (nSPS) is 12.9. The highest BCUT2D eigenvalue weighted by Crippen LogP contribution is 2.28. The summed E-state index contributed by atoms with van der Waals surface area (Å²) in [5, 5.41) is 5.63. The third kappa shape index (κ3) is 6.02. The maximum atomic E-state index is 12.4. The summed E-state index contributed by atoms with van der Waals surface area (Å²) in [6.45, 7) is 1.52. The monoisotopic (exact) mass is 368 g/mol. The Morgan fingerprint density at radius 1 is 0.852 bits per heavy atom. The van der Waals surface area contributed by atoms with E-state index in [1.165, 1.54) is 0 Å². The molecule has 0 bridgehead atoms. The molecular formula is C21H24N2O4. The minimum atomic E-state index is -0.227. The second kappa shape index (κ2) is 9.62. The van der Waals surface area contributed by atoms with Crippen LogP contribution in [0.3, 0.4) is 0 Å². The molecule has 1 saturated carbocycles. The Labute approximate surface area is 158 Å². The first-order valence-electron chi connectivity index (χ1n) is 9.19. The van der Waals surface area contributed by atoms with Crippen LogP contribution in [0.15, 0.2) is 54.6 Å². The summed E-state index contributed by atoms with van der Waals surface area (Å²) >= 11 is 0. The molecule has 2 N–H and O–H groups in total. The average Bonchev–Trinajstić information content (AvgIpc) is 3.55. The lowest BCUT2D eigenvalue weighted by atomic mass is 10.2. The van der Waals surface area contributed by atoms with Gasteiger partial charge in [-0.25, -0.2) is 0 Å². The molecule has 6 heteroatoms. The van der Waals surface area contributed by atoms with Crippen LogP contribution in [0.1, 0.15) is 23.2 Å². The van der Waals surface area contributed by atoms with E-state index >= 15 is 0 Å². The Hall–Kier alpha value is -3.02. The first-order chi connectivity index (χ1) is 13.2. The Kier molecular flexibility index (Phi) is 6.68. The molecule has 27 heavy (non-hydrogen) atoms. The van der Waals surface area contributed by atoms with E-state index in [0.29, 0.717) is 37.6 Å². The van der Waals surface area contributed by atoms with Gasteiger partial charge in [0, 0.05) is 19.0 Å². The fourth-order valence-corrected chi connectivity index (χ4v) is 2.55. The van der Waals surface area contributed by atoms with Gasteiger partial charge in [0.1, 0.15) is 24.7 Å². The number of para-hydroxylation sites is 2. The summed E-state index contributed by atoms with van der Waals surface area (Å²) < 4.78 is 11.3. The van der Waals surface area contributed by atoms with Crippen LogP contribution in [0.25, 0.3) is 0 Å². The highest BCUT2D eigenvalue weighted by atomic mass is 16.5. The summed E-state index contributed by atoms with van der Waals surface area (Å²) in [7, 11) is 0. The van der Waals surface area contributed by atoms with Crippen molar-refractivity contribution >= 4 is 11.8 Å². The van der Waals surface area contributed by atoms with Crippen LogP contribution in [-0.2, 0) is 4.79 Å². The van der Waals surface area contributed by atoms with Crippen LogP contribution >= 0.6 is 0 Å². The van der Waals surface area contributed by atoms with Gasteiger partial charge in [-0.2, -0.15) is 0 Å². The Morgan fingerprint density at radius 2 is 1.52 bits per heavy atom. The number of benzene rings is 2. The molecule has 0 radical (unpaired) electrons. The molecule has 0 unspecified atom stereocenters. The molecular weight excluding hydrogens is 344 g/mol. The number of rotatable bonds is 10. The van der Waals surface area contributed by atoms with Crippen LogP contribution < -0.4 is 20.1 Å². The molecule has 1 aliphatic carbocycles. The van der Waals surface area contributed by atoms with E-state index in [2.05, 4.69) is 10.6 Å². The molecule has 2 aromatic rings. The molecule has 0 atom stereocenters. The Balaban J connectivity index is 1.41. The van der Waals surface area contributed by atoms with Crippen molar-refractivity contribution < 1.29 is 19.1 Å². The number of amides is 2. The van der Waals surface area contributed by atoms with Crippen molar-refractivity contribution in [3.8, 4) is 11.5 Å². The van der Waals surface area contributed by atoms with E-state index in [4.69, 9.17) is 9.47 Å². The topological polar surface area (TPSA) is 76.7 Å². The van der Waals surface area contributed by atoms with E-state index in [0.717, 1.165) is 18.6 Å². The van der Waals surface area contributed by atoms with E-state index in [1.807, 2.05) is 36.4 Å². The van der Waals surface area contributed by atoms with Gasteiger partial charge >= 0.3 is 0 Å². The minimum absolute atomic E-state index is 0.0754. The van der Waals surface area contributed by atoms with Crippen LogP contribution in [0.2, 0.25) is 0 Å².